The number of allylic oxidation sites excluding steroid dienone is 1. The van der Waals surface area contributed by atoms with Gasteiger partial charge in [-0.05, 0) is 66.2 Å². The molecule has 31 heavy (non-hydrogen) atoms. The predicted octanol–water partition coefficient (Wildman–Crippen LogP) is 6.05. The Morgan fingerprint density at radius 2 is 1.77 bits per heavy atom. The number of hydrogen-bond donors (Lipinski definition) is 0. The van der Waals surface area contributed by atoms with E-state index >= 15 is 0 Å². The molecule has 4 rings (SSSR count). The summed E-state index contributed by atoms with van der Waals surface area (Å²) in [5.74, 6) is 0.615. The van der Waals surface area contributed by atoms with E-state index in [-0.39, 0.29) is 5.78 Å². The molecule has 0 saturated carbocycles. The molecule has 0 saturated heterocycles. The third-order valence-corrected chi connectivity index (χ3v) is 5.15. The van der Waals surface area contributed by atoms with Crippen LogP contribution in [-0.2, 0) is 6.61 Å². The van der Waals surface area contributed by atoms with Crippen molar-refractivity contribution in [1.29, 1.82) is 0 Å². The molecule has 0 aliphatic heterocycles. The molecule has 0 unspecified atom stereocenters. The first kappa shape index (κ1) is 20.8. The summed E-state index contributed by atoms with van der Waals surface area (Å²) in [6.07, 6.45) is 6.38. The molecule has 5 nitrogen and oxygen atoms in total. The fraction of sp³-hybridized carbons (Fsp3) is 0.0417. The highest BCUT2D eigenvalue weighted by Gasteiger charge is 2.05. The van der Waals surface area contributed by atoms with Crippen LogP contribution in [0.1, 0.15) is 21.5 Å². The number of carbonyl (C=O) groups excluding carboxylic acids is 1. The molecule has 4 aromatic rings. The first-order valence-electron chi connectivity index (χ1n) is 9.43. The SMILES string of the molecule is O=C(/C=C/c1ccc(OCc2cc(Cl)ccc2Cl)cc1)c1ccc(-n2cncn2)cc1. The fourth-order valence-electron chi connectivity index (χ4n) is 2.88. The van der Waals surface area contributed by atoms with Gasteiger partial charge in [0.1, 0.15) is 25.0 Å². The van der Waals surface area contributed by atoms with Crippen LogP contribution in [0.25, 0.3) is 11.8 Å². The smallest absolute Gasteiger partial charge is 0.185 e. The molecule has 0 atom stereocenters. The first-order valence-corrected chi connectivity index (χ1v) is 10.2. The number of aromatic nitrogens is 3. The number of rotatable bonds is 7. The van der Waals surface area contributed by atoms with E-state index in [2.05, 4.69) is 10.1 Å². The van der Waals surface area contributed by atoms with Crippen LogP contribution in [-0.4, -0.2) is 20.5 Å². The summed E-state index contributed by atoms with van der Waals surface area (Å²) in [5, 5.41) is 5.29. The van der Waals surface area contributed by atoms with Crippen LogP contribution in [0.5, 0.6) is 5.75 Å². The fourth-order valence-corrected chi connectivity index (χ4v) is 3.25. The zero-order chi connectivity index (χ0) is 21.6. The maximum absolute atomic E-state index is 12.4. The second-order valence-electron chi connectivity index (χ2n) is 6.68. The minimum atomic E-state index is -0.0823. The Hall–Kier alpha value is -3.41. The molecule has 0 amide bonds. The second-order valence-corrected chi connectivity index (χ2v) is 7.52. The Morgan fingerprint density at radius 3 is 2.48 bits per heavy atom. The minimum Gasteiger partial charge on any atom is -0.489 e. The number of nitrogens with zero attached hydrogens (tertiary/aromatic N) is 3. The van der Waals surface area contributed by atoms with Gasteiger partial charge in [0, 0.05) is 21.2 Å². The van der Waals surface area contributed by atoms with Gasteiger partial charge < -0.3 is 4.74 Å². The summed E-state index contributed by atoms with van der Waals surface area (Å²) in [5.41, 5.74) is 3.14. The van der Waals surface area contributed by atoms with Crippen molar-refractivity contribution in [2.24, 2.45) is 0 Å². The number of benzene rings is 3. The molecule has 7 heteroatoms. The molecule has 3 aromatic carbocycles. The Bertz CT molecular complexity index is 1200. The van der Waals surface area contributed by atoms with E-state index in [1.807, 2.05) is 36.4 Å². The van der Waals surface area contributed by atoms with E-state index in [1.165, 1.54) is 6.33 Å². The summed E-state index contributed by atoms with van der Waals surface area (Å²) < 4.78 is 7.41. The normalized spacial score (nSPS) is 11.0. The van der Waals surface area contributed by atoms with Crippen LogP contribution in [0.3, 0.4) is 0 Å². The summed E-state index contributed by atoms with van der Waals surface area (Å²) >= 11 is 12.2. The van der Waals surface area contributed by atoms with Crippen molar-refractivity contribution in [3.8, 4) is 11.4 Å². The summed E-state index contributed by atoms with van der Waals surface area (Å²) in [6, 6.07) is 19.9. The molecule has 0 spiro atoms. The van der Waals surface area contributed by atoms with Gasteiger partial charge in [0.25, 0.3) is 0 Å². The zero-order valence-corrected chi connectivity index (χ0v) is 17.8. The Labute approximate surface area is 189 Å². The van der Waals surface area contributed by atoms with Gasteiger partial charge in [0.15, 0.2) is 5.78 Å². The molecule has 0 radical (unpaired) electrons. The van der Waals surface area contributed by atoms with Crippen LogP contribution < -0.4 is 4.74 Å². The van der Waals surface area contributed by atoms with Crippen molar-refractivity contribution in [3.05, 3.63) is 112 Å². The largest absolute Gasteiger partial charge is 0.489 e. The summed E-state index contributed by atoms with van der Waals surface area (Å²) in [7, 11) is 0. The quantitative estimate of drug-likeness (QED) is 0.254. The number of ether oxygens (including phenoxy) is 1. The molecule has 0 aliphatic carbocycles. The Kier molecular flexibility index (Phi) is 6.46. The molecule has 1 heterocycles. The van der Waals surface area contributed by atoms with Gasteiger partial charge in [0.05, 0.1) is 5.69 Å². The van der Waals surface area contributed by atoms with Crippen molar-refractivity contribution >= 4 is 35.1 Å². The maximum Gasteiger partial charge on any atom is 0.185 e. The molecule has 0 bridgehead atoms. The van der Waals surface area contributed by atoms with E-state index < -0.39 is 0 Å². The Morgan fingerprint density at radius 1 is 1.00 bits per heavy atom. The Balaban J connectivity index is 1.36. The molecule has 1 aromatic heterocycles. The van der Waals surface area contributed by atoms with Crippen LogP contribution in [0.4, 0.5) is 0 Å². The lowest BCUT2D eigenvalue weighted by atomic mass is 10.1. The highest BCUT2D eigenvalue weighted by atomic mass is 35.5. The summed E-state index contributed by atoms with van der Waals surface area (Å²) in [6.45, 7) is 0.317. The van der Waals surface area contributed by atoms with Gasteiger partial charge in [-0.25, -0.2) is 9.67 Å². The highest BCUT2D eigenvalue weighted by molar-refractivity contribution is 6.33. The third-order valence-electron chi connectivity index (χ3n) is 4.54. The van der Waals surface area contributed by atoms with Crippen molar-refractivity contribution in [1.82, 2.24) is 14.8 Å². The summed E-state index contributed by atoms with van der Waals surface area (Å²) in [4.78, 5) is 16.3. The second kappa shape index (κ2) is 9.60. The zero-order valence-electron chi connectivity index (χ0n) is 16.3. The molecular weight excluding hydrogens is 433 g/mol. The van der Waals surface area contributed by atoms with E-state index in [0.29, 0.717) is 28.0 Å². The number of hydrogen-bond acceptors (Lipinski definition) is 4. The average molecular weight is 450 g/mol. The molecular formula is C24H17Cl2N3O2. The van der Waals surface area contributed by atoms with Crippen molar-refractivity contribution in [2.45, 2.75) is 6.61 Å². The first-order chi connectivity index (χ1) is 15.1. The average Bonchev–Trinajstić information content (AvgIpc) is 3.34. The molecule has 0 fully saturated rings. The molecule has 154 valence electrons. The van der Waals surface area contributed by atoms with E-state index in [1.54, 1.807) is 53.5 Å². The highest BCUT2D eigenvalue weighted by Crippen LogP contribution is 2.23. The van der Waals surface area contributed by atoms with Crippen LogP contribution in [0.2, 0.25) is 10.0 Å². The minimum absolute atomic E-state index is 0.0823. The van der Waals surface area contributed by atoms with Crippen molar-refractivity contribution in [3.63, 3.8) is 0 Å². The van der Waals surface area contributed by atoms with E-state index in [0.717, 1.165) is 16.8 Å². The van der Waals surface area contributed by atoms with Gasteiger partial charge in [0.2, 0.25) is 0 Å². The van der Waals surface area contributed by atoms with Gasteiger partial charge in [-0.3, -0.25) is 4.79 Å². The van der Waals surface area contributed by atoms with Gasteiger partial charge in [-0.15, -0.1) is 0 Å². The lowest BCUT2D eigenvalue weighted by Gasteiger charge is -2.08. The van der Waals surface area contributed by atoms with E-state index in [4.69, 9.17) is 27.9 Å². The van der Waals surface area contributed by atoms with Gasteiger partial charge >= 0.3 is 0 Å². The molecule has 0 aliphatic rings. The number of halogens is 2. The van der Waals surface area contributed by atoms with E-state index in [9.17, 15) is 4.79 Å². The van der Waals surface area contributed by atoms with Gasteiger partial charge in [-0.1, -0.05) is 41.4 Å². The maximum atomic E-state index is 12.4. The topological polar surface area (TPSA) is 57.0 Å². The monoisotopic (exact) mass is 449 g/mol. The standard InChI is InChI=1S/C24H17Cl2N3O2/c25-20-6-11-23(26)19(13-20)14-31-22-9-1-17(2-10-22)3-12-24(30)18-4-7-21(8-5-18)29-16-27-15-28-29/h1-13,15-16H,14H2/b12-3+. The van der Waals surface area contributed by atoms with Gasteiger partial charge in [-0.2, -0.15) is 5.10 Å². The third kappa shape index (κ3) is 5.40. The predicted molar refractivity (Wildman–Crippen MR) is 122 cm³/mol. The lowest BCUT2D eigenvalue weighted by Crippen LogP contribution is -1.98. The number of ketones is 1. The molecule has 0 N–H and O–H groups in total. The number of carbonyl (C=O) groups is 1. The van der Waals surface area contributed by atoms with Crippen molar-refractivity contribution < 1.29 is 9.53 Å². The van der Waals surface area contributed by atoms with Crippen LogP contribution in [0.15, 0.2) is 85.5 Å². The van der Waals surface area contributed by atoms with Crippen LogP contribution >= 0.6 is 23.2 Å². The lowest BCUT2D eigenvalue weighted by molar-refractivity contribution is 0.104. The van der Waals surface area contributed by atoms with Crippen LogP contribution in [0, 0.1) is 0 Å². The van der Waals surface area contributed by atoms with Crippen molar-refractivity contribution in [2.75, 3.05) is 0 Å².